The maximum atomic E-state index is 11.5. The van der Waals surface area contributed by atoms with Crippen molar-refractivity contribution in [1.82, 2.24) is 20.0 Å². The highest BCUT2D eigenvalue weighted by Crippen LogP contribution is 2.35. The van der Waals surface area contributed by atoms with Gasteiger partial charge in [0.2, 0.25) is 10.0 Å². The zero-order chi connectivity index (χ0) is 20.0. The molecule has 3 N–H and O–H groups in total. The average Bonchev–Trinajstić information content (AvgIpc) is 2.49. The zero-order valence-electron chi connectivity index (χ0n) is 16.9. The van der Waals surface area contributed by atoms with E-state index < -0.39 is 10.0 Å². The van der Waals surface area contributed by atoms with Crippen LogP contribution >= 0.6 is 0 Å². The molecule has 8 nitrogen and oxygen atoms in total. The summed E-state index contributed by atoms with van der Waals surface area (Å²) >= 11 is 0. The molecule has 1 saturated heterocycles. The van der Waals surface area contributed by atoms with Gasteiger partial charge in [-0.25, -0.2) is 18.2 Å². The van der Waals surface area contributed by atoms with Crippen molar-refractivity contribution in [2.45, 2.75) is 45.8 Å². The summed E-state index contributed by atoms with van der Waals surface area (Å²) in [6, 6.07) is 0.0262. The van der Waals surface area contributed by atoms with Gasteiger partial charge in [-0.1, -0.05) is 6.92 Å². The van der Waals surface area contributed by atoms with Gasteiger partial charge in [-0.05, 0) is 43.9 Å². The molecule has 0 amide bonds. The maximum absolute atomic E-state index is 11.5. The number of hydrogen-bond donors (Lipinski definition) is 3. The fourth-order valence-electron chi connectivity index (χ4n) is 3.21. The van der Waals surface area contributed by atoms with E-state index in [1.54, 1.807) is 7.05 Å². The molecule has 0 aliphatic carbocycles. The van der Waals surface area contributed by atoms with Gasteiger partial charge in [-0.2, -0.15) is 0 Å². The molecular formula is C17H35N5O3S. The van der Waals surface area contributed by atoms with Crippen molar-refractivity contribution in [3.05, 3.63) is 11.8 Å². The second kappa shape index (κ2) is 9.68. The highest BCUT2D eigenvalue weighted by Gasteiger charge is 2.42. The van der Waals surface area contributed by atoms with E-state index in [-0.39, 0.29) is 17.6 Å². The summed E-state index contributed by atoms with van der Waals surface area (Å²) in [5.41, 5.74) is 3.86. The standard InChI is InChI=1S/C17H35N5O3S/c1-14(16(20-13-18)9-15(2)25-19-4)10-21(5)8-7-17(3)11-22(12-17)26(6,23)24/h10,13,15-16,19H,7-9,11-12H2,1-6H3,(H2,18,20)/b14-10+. The molecule has 1 aliphatic rings. The molecule has 2 atom stereocenters. The van der Waals surface area contributed by atoms with Crippen LogP contribution in [0.3, 0.4) is 0 Å². The van der Waals surface area contributed by atoms with Crippen molar-refractivity contribution in [2.24, 2.45) is 5.41 Å². The predicted molar refractivity (Wildman–Crippen MR) is 105 cm³/mol. The van der Waals surface area contributed by atoms with Gasteiger partial charge in [0.15, 0.2) is 0 Å². The van der Waals surface area contributed by atoms with E-state index in [4.69, 9.17) is 10.2 Å². The van der Waals surface area contributed by atoms with Gasteiger partial charge >= 0.3 is 0 Å². The number of hydrogen-bond acceptors (Lipinski definition) is 6. The molecule has 152 valence electrons. The maximum Gasteiger partial charge on any atom is 0.211 e. The van der Waals surface area contributed by atoms with Crippen LogP contribution in [-0.2, 0) is 14.9 Å². The summed E-state index contributed by atoms with van der Waals surface area (Å²) in [5, 5.41) is 10.4. The Labute approximate surface area is 158 Å². The minimum atomic E-state index is -3.07. The van der Waals surface area contributed by atoms with Gasteiger partial charge in [0, 0.05) is 33.7 Å². The lowest BCUT2D eigenvalue weighted by atomic mass is 9.81. The molecule has 0 saturated carbocycles. The predicted octanol–water partition coefficient (Wildman–Crippen LogP) is 0.988. The number of hydroxylamine groups is 1. The van der Waals surface area contributed by atoms with Crippen LogP contribution in [0.1, 0.15) is 33.6 Å². The first-order valence-corrected chi connectivity index (χ1v) is 10.8. The molecule has 0 aromatic heterocycles. The summed E-state index contributed by atoms with van der Waals surface area (Å²) in [7, 11) is 0.689. The summed E-state index contributed by atoms with van der Waals surface area (Å²) in [5.74, 6) is 0. The zero-order valence-corrected chi connectivity index (χ0v) is 17.7. The first kappa shape index (κ1) is 22.9. The van der Waals surface area contributed by atoms with Gasteiger partial charge in [-0.3, -0.25) is 10.2 Å². The third-order valence-electron chi connectivity index (χ3n) is 4.80. The number of rotatable bonds is 12. The van der Waals surface area contributed by atoms with E-state index in [2.05, 4.69) is 28.8 Å². The first-order chi connectivity index (χ1) is 12.0. The Morgan fingerprint density at radius 2 is 2.08 bits per heavy atom. The Morgan fingerprint density at radius 1 is 1.46 bits per heavy atom. The fraction of sp³-hybridized carbons (Fsp3) is 0.824. The first-order valence-electron chi connectivity index (χ1n) is 8.92. The van der Waals surface area contributed by atoms with Crippen LogP contribution in [0.15, 0.2) is 11.8 Å². The summed E-state index contributed by atoms with van der Waals surface area (Å²) < 4.78 is 24.6. The minimum absolute atomic E-state index is 0.0157. The fourth-order valence-corrected chi connectivity index (χ4v) is 4.31. The molecule has 0 aromatic rings. The second-order valence-electron chi connectivity index (χ2n) is 7.68. The average molecular weight is 390 g/mol. The smallest absolute Gasteiger partial charge is 0.211 e. The van der Waals surface area contributed by atoms with Crippen LogP contribution in [-0.4, -0.2) is 76.1 Å². The van der Waals surface area contributed by atoms with Crippen LogP contribution in [0.2, 0.25) is 0 Å². The van der Waals surface area contributed by atoms with Crippen LogP contribution < -0.4 is 10.8 Å². The van der Waals surface area contributed by atoms with Crippen LogP contribution in [0.5, 0.6) is 0 Å². The summed E-state index contributed by atoms with van der Waals surface area (Å²) in [4.78, 5) is 7.50. The Balaban J connectivity index is 2.54. The van der Waals surface area contributed by atoms with Crippen molar-refractivity contribution in [3.63, 3.8) is 0 Å². The minimum Gasteiger partial charge on any atom is -0.380 e. The third kappa shape index (κ3) is 7.22. The molecule has 0 radical (unpaired) electrons. The van der Waals surface area contributed by atoms with E-state index in [1.807, 2.05) is 20.9 Å². The Kier molecular flexibility index (Phi) is 8.52. The molecular weight excluding hydrogens is 354 g/mol. The number of nitrogens with zero attached hydrogens (tertiary/aromatic N) is 2. The lowest BCUT2D eigenvalue weighted by molar-refractivity contribution is -0.00793. The molecule has 9 heteroatoms. The topological polar surface area (TPSA) is 97.8 Å². The largest absolute Gasteiger partial charge is 0.380 e. The molecule has 0 bridgehead atoms. The van der Waals surface area contributed by atoms with E-state index in [1.165, 1.54) is 16.9 Å². The van der Waals surface area contributed by atoms with Crippen molar-refractivity contribution in [3.8, 4) is 0 Å². The Morgan fingerprint density at radius 3 is 2.58 bits per heavy atom. The highest BCUT2D eigenvalue weighted by atomic mass is 32.2. The molecule has 1 aliphatic heterocycles. The van der Waals surface area contributed by atoms with E-state index in [9.17, 15) is 8.42 Å². The lowest BCUT2D eigenvalue weighted by Crippen LogP contribution is -2.57. The van der Waals surface area contributed by atoms with Crippen molar-refractivity contribution in [1.29, 1.82) is 5.41 Å². The SMILES string of the molecule is CNOC(C)CC(NC=N)/C(C)=C/N(C)CCC1(C)CN(S(C)(=O)=O)C1. The van der Waals surface area contributed by atoms with Crippen molar-refractivity contribution < 1.29 is 13.3 Å². The summed E-state index contributed by atoms with van der Waals surface area (Å²) in [6.45, 7) is 8.20. The quantitative estimate of drug-likeness (QED) is 0.262. The number of nitrogens with one attached hydrogen (secondary N) is 3. The molecule has 0 aromatic carbocycles. The second-order valence-corrected chi connectivity index (χ2v) is 9.66. The molecule has 1 rings (SSSR count). The third-order valence-corrected chi connectivity index (χ3v) is 5.99. The van der Waals surface area contributed by atoms with Gasteiger partial charge in [0.05, 0.1) is 24.7 Å². The van der Waals surface area contributed by atoms with Gasteiger partial charge in [0.25, 0.3) is 0 Å². The molecule has 1 fully saturated rings. The van der Waals surface area contributed by atoms with E-state index in [0.717, 1.165) is 25.0 Å². The van der Waals surface area contributed by atoms with E-state index in [0.29, 0.717) is 13.1 Å². The van der Waals surface area contributed by atoms with Crippen LogP contribution in [0, 0.1) is 10.8 Å². The summed E-state index contributed by atoms with van der Waals surface area (Å²) in [6.07, 6.45) is 6.25. The lowest BCUT2D eigenvalue weighted by Gasteiger charge is -2.47. The molecule has 26 heavy (non-hydrogen) atoms. The van der Waals surface area contributed by atoms with E-state index >= 15 is 0 Å². The normalized spacial score (nSPS) is 20.2. The van der Waals surface area contributed by atoms with Gasteiger partial charge in [-0.15, -0.1) is 0 Å². The van der Waals surface area contributed by atoms with Crippen LogP contribution in [0.25, 0.3) is 0 Å². The van der Waals surface area contributed by atoms with Crippen molar-refractivity contribution >= 4 is 16.4 Å². The molecule has 2 unspecified atom stereocenters. The van der Waals surface area contributed by atoms with Crippen LogP contribution in [0.4, 0.5) is 0 Å². The van der Waals surface area contributed by atoms with Gasteiger partial charge < -0.3 is 10.2 Å². The molecule has 1 heterocycles. The van der Waals surface area contributed by atoms with Gasteiger partial charge in [0.1, 0.15) is 0 Å². The Hall–Kier alpha value is -1.16. The van der Waals surface area contributed by atoms with Crippen molar-refractivity contribution in [2.75, 3.05) is 40.0 Å². The Bertz CT molecular complexity index is 587. The molecule has 0 spiro atoms. The number of sulfonamides is 1. The monoisotopic (exact) mass is 389 g/mol. The highest BCUT2D eigenvalue weighted by molar-refractivity contribution is 7.88.